The Balaban J connectivity index is 2.10. The van der Waals surface area contributed by atoms with Crippen LogP contribution in [0.25, 0.3) is 11.0 Å². The predicted molar refractivity (Wildman–Crippen MR) is 69.6 cm³/mol. The molecule has 2 aromatic heterocycles. The lowest BCUT2D eigenvalue weighted by atomic mass is 9.96. The van der Waals surface area contributed by atoms with E-state index in [1.54, 1.807) is 16.8 Å². The van der Waals surface area contributed by atoms with Crippen LogP contribution < -0.4 is 5.73 Å². The Morgan fingerprint density at radius 3 is 2.90 bits per heavy atom. The zero-order valence-corrected chi connectivity index (χ0v) is 10.8. The number of hydrogen-bond acceptors (Lipinski definition) is 7. The Bertz CT molecular complexity index is 641. The van der Waals surface area contributed by atoms with Crippen LogP contribution in [-0.4, -0.2) is 54.3 Å². The van der Waals surface area contributed by atoms with Gasteiger partial charge < -0.3 is 30.4 Å². The fraction of sp³-hybridized carbons (Fsp3) is 0.500. The van der Waals surface area contributed by atoms with E-state index in [1.165, 1.54) is 13.3 Å². The van der Waals surface area contributed by atoms with E-state index in [0.29, 0.717) is 16.9 Å². The number of nitrogen functional groups attached to an aromatic ring is 1. The van der Waals surface area contributed by atoms with Gasteiger partial charge in [-0.05, 0) is 13.0 Å². The lowest BCUT2D eigenvalue weighted by Gasteiger charge is -2.27. The standard InChI is InChI=1S/C12H16N4O4/c1-12(19)8(18)7(4-17)20-11(12)16-3-2-6-9(13)14-5-15-10(6)16/h2-3,5,7-8,11,17-19H,4H2,1H3,(H2,13,14,15)/t7-,8?,11-,12+/m1/s1. The van der Waals surface area contributed by atoms with Gasteiger partial charge in [0.05, 0.1) is 12.0 Å². The molecule has 1 aliphatic heterocycles. The highest BCUT2D eigenvalue weighted by Gasteiger charge is 2.53. The van der Waals surface area contributed by atoms with E-state index in [4.69, 9.17) is 10.5 Å². The van der Waals surface area contributed by atoms with Gasteiger partial charge in [0.1, 0.15) is 35.6 Å². The third kappa shape index (κ3) is 1.70. The number of rotatable bonds is 2. The fourth-order valence-electron chi connectivity index (χ4n) is 2.57. The summed E-state index contributed by atoms with van der Waals surface area (Å²) in [6, 6.07) is 1.71. The molecule has 0 bridgehead atoms. The van der Waals surface area contributed by atoms with E-state index in [9.17, 15) is 15.3 Å². The molecule has 2 aromatic rings. The molecule has 0 radical (unpaired) electrons. The van der Waals surface area contributed by atoms with Gasteiger partial charge in [-0.2, -0.15) is 0 Å². The third-order valence-electron chi connectivity index (χ3n) is 3.73. The molecule has 108 valence electrons. The molecule has 3 heterocycles. The minimum atomic E-state index is -1.56. The molecule has 1 aliphatic rings. The van der Waals surface area contributed by atoms with Crippen molar-refractivity contribution < 1.29 is 20.1 Å². The van der Waals surface area contributed by atoms with Crippen LogP contribution in [0.5, 0.6) is 0 Å². The molecule has 1 fully saturated rings. The van der Waals surface area contributed by atoms with Gasteiger partial charge in [0, 0.05) is 6.20 Å². The molecule has 0 spiro atoms. The van der Waals surface area contributed by atoms with Crippen molar-refractivity contribution in [1.82, 2.24) is 14.5 Å². The van der Waals surface area contributed by atoms with E-state index >= 15 is 0 Å². The molecule has 0 aliphatic carbocycles. The first-order chi connectivity index (χ1) is 9.46. The maximum Gasteiger partial charge on any atom is 0.167 e. The number of nitrogens with zero attached hydrogens (tertiary/aromatic N) is 3. The SMILES string of the molecule is C[C@]1(O)C(O)[C@@H](CO)O[C@H]1n1ccc2c(N)ncnc21. The molecule has 8 nitrogen and oxygen atoms in total. The van der Waals surface area contributed by atoms with Crippen molar-refractivity contribution in [2.45, 2.75) is 31.0 Å². The lowest BCUT2D eigenvalue weighted by molar-refractivity contribution is -0.0948. The lowest BCUT2D eigenvalue weighted by Crippen LogP contribution is -2.44. The van der Waals surface area contributed by atoms with Gasteiger partial charge in [-0.3, -0.25) is 0 Å². The first-order valence-corrected chi connectivity index (χ1v) is 6.20. The Hall–Kier alpha value is -1.74. The largest absolute Gasteiger partial charge is 0.394 e. The van der Waals surface area contributed by atoms with Crippen LogP contribution in [0.2, 0.25) is 0 Å². The summed E-state index contributed by atoms with van der Waals surface area (Å²) in [6.07, 6.45) is 0.0428. The quantitative estimate of drug-likeness (QED) is 0.556. The van der Waals surface area contributed by atoms with E-state index in [2.05, 4.69) is 9.97 Å². The van der Waals surface area contributed by atoms with Crippen LogP contribution in [0.15, 0.2) is 18.6 Å². The summed E-state index contributed by atoms with van der Waals surface area (Å²) in [4.78, 5) is 8.01. The number of aliphatic hydroxyl groups excluding tert-OH is 2. The normalized spacial score (nSPS) is 33.9. The van der Waals surface area contributed by atoms with E-state index < -0.39 is 24.0 Å². The molecule has 1 saturated heterocycles. The van der Waals surface area contributed by atoms with Crippen molar-refractivity contribution in [3.05, 3.63) is 18.6 Å². The zero-order chi connectivity index (χ0) is 14.5. The predicted octanol–water partition coefficient (Wildman–Crippen LogP) is -0.985. The monoisotopic (exact) mass is 280 g/mol. The summed E-state index contributed by atoms with van der Waals surface area (Å²) < 4.78 is 7.12. The summed E-state index contributed by atoms with van der Waals surface area (Å²) in [5.74, 6) is 0.325. The minimum absolute atomic E-state index is 0.325. The van der Waals surface area contributed by atoms with Gasteiger partial charge in [0.25, 0.3) is 0 Å². The Labute approximate surface area is 114 Å². The second kappa shape index (κ2) is 4.38. The van der Waals surface area contributed by atoms with Crippen molar-refractivity contribution in [2.75, 3.05) is 12.3 Å². The Kier molecular flexibility index (Phi) is 2.91. The van der Waals surface area contributed by atoms with Gasteiger partial charge in [0.2, 0.25) is 0 Å². The van der Waals surface area contributed by atoms with Crippen LogP contribution in [0.4, 0.5) is 5.82 Å². The first kappa shape index (κ1) is 13.3. The smallest absolute Gasteiger partial charge is 0.167 e. The highest BCUT2D eigenvalue weighted by atomic mass is 16.6. The van der Waals surface area contributed by atoms with E-state index in [-0.39, 0.29) is 6.61 Å². The number of aromatic nitrogens is 3. The average Bonchev–Trinajstić information content (AvgIpc) is 2.92. The molecule has 20 heavy (non-hydrogen) atoms. The molecule has 0 saturated carbocycles. The molecule has 0 amide bonds. The number of hydrogen-bond donors (Lipinski definition) is 4. The van der Waals surface area contributed by atoms with E-state index in [0.717, 1.165) is 0 Å². The minimum Gasteiger partial charge on any atom is -0.394 e. The van der Waals surface area contributed by atoms with Gasteiger partial charge in [-0.15, -0.1) is 0 Å². The van der Waals surface area contributed by atoms with E-state index in [1.807, 2.05) is 0 Å². The van der Waals surface area contributed by atoms with Crippen molar-refractivity contribution in [3.8, 4) is 0 Å². The van der Waals surface area contributed by atoms with Gasteiger partial charge in [0.15, 0.2) is 6.23 Å². The second-order valence-corrected chi connectivity index (χ2v) is 5.10. The molecule has 3 rings (SSSR count). The second-order valence-electron chi connectivity index (χ2n) is 5.10. The van der Waals surface area contributed by atoms with Crippen LogP contribution >= 0.6 is 0 Å². The first-order valence-electron chi connectivity index (χ1n) is 6.20. The Morgan fingerprint density at radius 1 is 1.50 bits per heavy atom. The van der Waals surface area contributed by atoms with Crippen LogP contribution in [0, 0.1) is 0 Å². The highest BCUT2D eigenvalue weighted by molar-refractivity contribution is 5.86. The number of aliphatic hydroxyl groups is 3. The van der Waals surface area contributed by atoms with Gasteiger partial charge >= 0.3 is 0 Å². The molecule has 4 atom stereocenters. The summed E-state index contributed by atoms with van der Waals surface area (Å²) in [6.45, 7) is 1.07. The molecule has 5 N–H and O–H groups in total. The maximum atomic E-state index is 10.4. The molecule has 8 heteroatoms. The van der Waals surface area contributed by atoms with Crippen molar-refractivity contribution in [3.63, 3.8) is 0 Å². The highest BCUT2D eigenvalue weighted by Crippen LogP contribution is 2.39. The molecular formula is C12H16N4O4. The summed E-state index contributed by atoms with van der Waals surface area (Å²) >= 11 is 0. The number of anilines is 1. The number of fused-ring (bicyclic) bond motifs is 1. The Morgan fingerprint density at radius 2 is 2.25 bits per heavy atom. The zero-order valence-electron chi connectivity index (χ0n) is 10.8. The topological polar surface area (TPSA) is 127 Å². The van der Waals surface area contributed by atoms with Crippen LogP contribution in [0.3, 0.4) is 0 Å². The summed E-state index contributed by atoms with van der Waals surface area (Å²) in [7, 11) is 0. The molecular weight excluding hydrogens is 264 g/mol. The van der Waals surface area contributed by atoms with Gasteiger partial charge in [-0.1, -0.05) is 0 Å². The maximum absolute atomic E-state index is 10.4. The van der Waals surface area contributed by atoms with Crippen molar-refractivity contribution >= 4 is 16.9 Å². The summed E-state index contributed by atoms with van der Waals surface area (Å²) in [5, 5.41) is 30.3. The fourth-order valence-corrected chi connectivity index (χ4v) is 2.57. The number of ether oxygens (including phenoxy) is 1. The van der Waals surface area contributed by atoms with Crippen molar-refractivity contribution in [1.29, 1.82) is 0 Å². The third-order valence-corrected chi connectivity index (χ3v) is 3.73. The summed E-state index contributed by atoms with van der Waals surface area (Å²) in [5.41, 5.74) is 4.70. The molecule has 0 aromatic carbocycles. The van der Waals surface area contributed by atoms with Crippen molar-refractivity contribution in [2.24, 2.45) is 0 Å². The average molecular weight is 280 g/mol. The number of nitrogens with two attached hydrogens (primary N) is 1. The molecule has 1 unspecified atom stereocenters. The van der Waals surface area contributed by atoms with Crippen LogP contribution in [0.1, 0.15) is 13.2 Å². The van der Waals surface area contributed by atoms with Gasteiger partial charge in [-0.25, -0.2) is 9.97 Å². The van der Waals surface area contributed by atoms with Crippen LogP contribution in [-0.2, 0) is 4.74 Å².